The van der Waals surface area contributed by atoms with Crippen molar-refractivity contribution in [2.75, 3.05) is 38.4 Å². The van der Waals surface area contributed by atoms with Gasteiger partial charge in [0.2, 0.25) is 0 Å². The molecule has 30 heavy (non-hydrogen) atoms. The molecule has 1 aromatic heterocycles. The van der Waals surface area contributed by atoms with Crippen LogP contribution in [0.25, 0.3) is 11.4 Å². The summed E-state index contributed by atoms with van der Waals surface area (Å²) in [7, 11) is 7.73. The molecule has 0 aliphatic carbocycles. The number of nitrogens with zero attached hydrogens (tertiary/aromatic N) is 4. The van der Waals surface area contributed by atoms with Crippen molar-refractivity contribution in [2.24, 2.45) is 7.05 Å². The summed E-state index contributed by atoms with van der Waals surface area (Å²) in [6, 6.07) is 16.3. The lowest BCUT2D eigenvalue weighted by molar-refractivity contribution is 0.0534. The van der Waals surface area contributed by atoms with E-state index in [9.17, 15) is 0 Å². The van der Waals surface area contributed by atoms with E-state index >= 15 is 0 Å². The number of hydrogen-bond acceptors (Lipinski definition) is 7. The number of nitrogens with one attached hydrogen (secondary N) is 1. The van der Waals surface area contributed by atoms with Crippen LogP contribution in [0.1, 0.15) is 11.8 Å². The van der Waals surface area contributed by atoms with Crippen LogP contribution in [0.15, 0.2) is 53.7 Å². The van der Waals surface area contributed by atoms with Crippen molar-refractivity contribution in [3.8, 4) is 17.1 Å². The summed E-state index contributed by atoms with van der Waals surface area (Å²) < 4.78 is 13.5. The van der Waals surface area contributed by atoms with E-state index in [4.69, 9.17) is 9.47 Å². The van der Waals surface area contributed by atoms with Gasteiger partial charge in [-0.1, -0.05) is 23.9 Å². The van der Waals surface area contributed by atoms with Gasteiger partial charge in [-0.05, 0) is 42.0 Å². The normalized spacial score (nSPS) is 18.5. The van der Waals surface area contributed by atoms with Crippen LogP contribution in [0.5, 0.6) is 5.75 Å². The number of benzene rings is 2. The summed E-state index contributed by atoms with van der Waals surface area (Å²) in [4.78, 5) is 2.09. The molecule has 0 radical (unpaired) electrons. The Bertz CT molecular complexity index is 972. The van der Waals surface area contributed by atoms with Crippen molar-refractivity contribution in [1.82, 2.24) is 20.1 Å². The van der Waals surface area contributed by atoms with E-state index in [2.05, 4.69) is 44.7 Å². The molecule has 1 N–H and O–H groups in total. The average molecular weight is 426 g/mol. The minimum atomic E-state index is -0.0684. The molecule has 1 saturated heterocycles. The Hall–Kier alpha value is -2.55. The minimum Gasteiger partial charge on any atom is -0.497 e. The Labute approximate surface area is 181 Å². The zero-order valence-corrected chi connectivity index (χ0v) is 18.5. The third-order valence-electron chi connectivity index (χ3n) is 5.15. The van der Waals surface area contributed by atoms with E-state index in [1.54, 1.807) is 18.9 Å². The predicted octanol–water partition coefficient (Wildman–Crippen LogP) is 3.34. The number of ether oxygens (including phenoxy) is 2. The van der Waals surface area contributed by atoms with E-state index in [1.165, 1.54) is 5.69 Å². The summed E-state index contributed by atoms with van der Waals surface area (Å²) in [6.45, 7) is 0.816. The van der Waals surface area contributed by atoms with Crippen molar-refractivity contribution in [3.63, 3.8) is 0 Å². The highest BCUT2D eigenvalue weighted by Gasteiger charge is 2.26. The molecule has 1 aliphatic heterocycles. The maximum Gasteiger partial charge on any atom is 0.191 e. The van der Waals surface area contributed by atoms with Gasteiger partial charge in [0.05, 0.1) is 13.2 Å². The van der Waals surface area contributed by atoms with Gasteiger partial charge < -0.3 is 18.9 Å². The van der Waals surface area contributed by atoms with Gasteiger partial charge in [0.1, 0.15) is 12.0 Å². The third-order valence-corrected chi connectivity index (χ3v) is 6.31. The molecule has 3 aromatic rings. The summed E-state index contributed by atoms with van der Waals surface area (Å²) in [5.74, 6) is 2.48. The van der Waals surface area contributed by atoms with Crippen molar-refractivity contribution in [1.29, 1.82) is 0 Å². The van der Waals surface area contributed by atoms with Crippen LogP contribution < -0.4 is 15.0 Å². The number of hydrogen-bond donors (Lipinski definition) is 1. The summed E-state index contributed by atoms with van der Waals surface area (Å²) in [5, 5.41) is 13.1. The molecule has 1 fully saturated rings. The lowest BCUT2D eigenvalue weighted by atomic mass is 10.2. The highest BCUT2D eigenvalue weighted by atomic mass is 32.2. The molecule has 4 rings (SSSR count). The molecule has 158 valence electrons. The molecule has 0 unspecified atom stereocenters. The molecule has 7 nitrogen and oxygen atoms in total. The number of rotatable bonds is 7. The summed E-state index contributed by atoms with van der Waals surface area (Å²) in [6.07, 6.45) is 0.0517. The maximum absolute atomic E-state index is 6.21. The maximum atomic E-state index is 6.21. The Morgan fingerprint density at radius 1 is 1.13 bits per heavy atom. The van der Waals surface area contributed by atoms with Crippen LogP contribution >= 0.6 is 11.8 Å². The van der Waals surface area contributed by atoms with Crippen LogP contribution in [0.2, 0.25) is 0 Å². The van der Waals surface area contributed by atoms with E-state index in [-0.39, 0.29) is 12.3 Å². The number of aromatic nitrogens is 3. The van der Waals surface area contributed by atoms with Gasteiger partial charge in [-0.2, -0.15) is 0 Å². The van der Waals surface area contributed by atoms with Gasteiger partial charge in [-0.3, -0.25) is 5.32 Å². The van der Waals surface area contributed by atoms with Gasteiger partial charge in [0.25, 0.3) is 0 Å². The second-order valence-corrected chi connectivity index (χ2v) is 8.42. The second-order valence-electron chi connectivity index (χ2n) is 7.44. The average Bonchev–Trinajstić information content (AvgIpc) is 3.39. The molecule has 0 saturated carbocycles. The molecule has 0 spiro atoms. The quantitative estimate of drug-likeness (QED) is 0.583. The lowest BCUT2D eigenvalue weighted by Crippen LogP contribution is -2.17. The van der Waals surface area contributed by atoms with Gasteiger partial charge in [0.15, 0.2) is 11.0 Å². The van der Waals surface area contributed by atoms with Gasteiger partial charge in [-0.15, -0.1) is 10.2 Å². The van der Waals surface area contributed by atoms with Crippen LogP contribution in [-0.2, 0) is 11.8 Å². The topological polar surface area (TPSA) is 64.4 Å². The summed E-state index contributed by atoms with van der Waals surface area (Å²) >= 11 is 1.66. The highest BCUT2D eigenvalue weighted by molar-refractivity contribution is 7.99. The third kappa shape index (κ3) is 4.45. The zero-order valence-electron chi connectivity index (χ0n) is 17.7. The highest BCUT2D eigenvalue weighted by Crippen LogP contribution is 2.28. The van der Waals surface area contributed by atoms with E-state index in [0.29, 0.717) is 0 Å². The van der Waals surface area contributed by atoms with Crippen molar-refractivity contribution in [3.05, 3.63) is 54.1 Å². The van der Waals surface area contributed by atoms with Crippen molar-refractivity contribution >= 4 is 17.4 Å². The van der Waals surface area contributed by atoms with E-state index < -0.39 is 0 Å². The first kappa shape index (κ1) is 20.7. The molecule has 8 heteroatoms. The smallest absolute Gasteiger partial charge is 0.191 e. The van der Waals surface area contributed by atoms with Crippen molar-refractivity contribution in [2.45, 2.75) is 17.5 Å². The first-order valence-corrected chi connectivity index (χ1v) is 10.9. The number of thioether (sulfide) groups is 1. The van der Waals surface area contributed by atoms with Gasteiger partial charge in [0, 0.05) is 44.7 Å². The molecule has 0 amide bonds. The fourth-order valence-corrected chi connectivity index (χ4v) is 4.28. The second kappa shape index (κ2) is 9.07. The van der Waals surface area contributed by atoms with E-state index in [0.717, 1.165) is 40.2 Å². The van der Waals surface area contributed by atoms with Crippen LogP contribution in [0.3, 0.4) is 0 Å². The summed E-state index contributed by atoms with van der Waals surface area (Å²) in [5.41, 5.74) is 3.34. The Morgan fingerprint density at radius 2 is 1.87 bits per heavy atom. The zero-order chi connectivity index (χ0) is 21.1. The molecule has 2 heterocycles. The molecule has 2 atom stereocenters. The molecular formula is C22H27N5O2S. The largest absolute Gasteiger partial charge is 0.497 e. The lowest BCUT2D eigenvalue weighted by Gasteiger charge is -2.16. The number of methoxy groups -OCH3 is 1. The van der Waals surface area contributed by atoms with Crippen molar-refractivity contribution < 1.29 is 9.47 Å². The fraction of sp³-hybridized carbons (Fsp3) is 0.364. The number of anilines is 1. The Kier molecular flexibility index (Phi) is 6.26. The van der Waals surface area contributed by atoms with E-state index in [1.807, 2.05) is 50.0 Å². The molecular weight excluding hydrogens is 398 g/mol. The standard InChI is InChI=1S/C22H27N5O2S/c1-26(2)17-9-5-16(6-10-17)21-23-13-19(29-21)14-30-22-25-24-20(27(22)3)15-7-11-18(28-4)12-8-15/h5-12,19,21,23H,13-14H2,1-4H3/t19-,21-/m1/s1. The monoisotopic (exact) mass is 425 g/mol. The van der Waals surface area contributed by atoms with Crippen LogP contribution in [0, 0.1) is 0 Å². The Balaban J connectivity index is 1.34. The molecule has 1 aliphatic rings. The molecule has 0 bridgehead atoms. The first-order chi connectivity index (χ1) is 14.5. The van der Waals surface area contributed by atoms with Crippen LogP contribution in [-0.4, -0.2) is 54.4 Å². The van der Waals surface area contributed by atoms with Gasteiger partial charge in [-0.25, -0.2) is 0 Å². The first-order valence-electron chi connectivity index (χ1n) is 9.88. The fourth-order valence-electron chi connectivity index (χ4n) is 3.37. The minimum absolute atomic E-state index is 0.0684. The SMILES string of the molecule is COc1ccc(-c2nnc(SC[C@H]3CN[C@@H](c4ccc(N(C)C)cc4)O3)n2C)cc1. The Morgan fingerprint density at radius 3 is 2.53 bits per heavy atom. The van der Waals surface area contributed by atoms with Crippen LogP contribution in [0.4, 0.5) is 5.69 Å². The predicted molar refractivity (Wildman–Crippen MR) is 120 cm³/mol. The van der Waals surface area contributed by atoms with Gasteiger partial charge >= 0.3 is 0 Å². The molecule has 2 aromatic carbocycles.